The Bertz CT molecular complexity index is 2010. The molecule has 0 spiro atoms. The first-order valence-electron chi connectivity index (χ1n) is 11.2. The van der Waals surface area contributed by atoms with Gasteiger partial charge < -0.3 is 15.2 Å². The van der Waals surface area contributed by atoms with Crippen molar-refractivity contribution in [3.63, 3.8) is 0 Å². The lowest BCUT2D eigenvalue weighted by molar-refractivity contribution is -0.384. The van der Waals surface area contributed by atoms with Gasteiger partial charge in [0.2, 0.25) is 11.6 Å². The van der Waals surface area contributed by atoms with Crippen LogP contribution >= 0.6 is 0 Å². The van der Waals surface area contributed by atoms with E-state index in [2.05, 4.69) is 4.98 Å². The molecule has 0 aliphatic carbocycles. The van der Waals surface area contributed by atoms with Gasteiger partial charge in [-0.25, -0.2) is 9.59 Å². The van der Waals surface area contributed by atoms with Crippen LogP contribution in [0.5, 0.6) is 0 Å². The van der Waals surface area contributed by atoms with E-state index in [0.29, 0.717) is 0 Å². The number of aromatic carboxylic acids is 2. The first-order chi connectivity index (χ1) is 19.1. The number of carbonyl (C=O) groups excluding carboxylic acids is 2. The third-order valence-electron chi connectivity index (χ3n) is 5.92. The number of ketones is 2. The molecule has 0 fully saturated rings. The highest BCUT2D eigenvalue weighted by Crippen LogP contribution is 2.19. The Hall–Kier alpha value is -6.40. The van der Waals surface area contributed by atoms with Gasteiger partial charge in [0.05, 0.1) is 26.7 Å². The van der Waals surface area contributed by atoms with E-state index >= 15 is 0 Å². The maximum Gasteiger partial charge on any atom is 0.335 e. The number of nitrogens with one attached hydrogen (secondary N) is 1. The fraction of sp³-hybridized carbons (Fsp3) is 0. The minimum atomic E-state index is -1.31. The molecule has 0 unspecified atom stereocenters. The first kappa shape index (κ1) is 26.7. The molecule has 194 valence electrons. The number of hydrogen-bond donors (Lipinski definition) is 3. The summed E-state index contributed by atoms with van der Waals surface area (Å²) < 4.78 is 0. The maximum absolute atomic E-state index is 13.3. The number of non-ortho nitro benzene ring substituents is 1. The number of carboxylic acid groups (broad SMARTS) is 2. The van der Waals surface area contributed by atoms with Gasteiger partial charge in [0.1, 0.15) is 23.3 Å². The zero-order valence-electron chi connectivity index (χ0n) is 20.0. The van der Waals surface area contributed by atoms with Gasteiger partial charge in [0, 0.05) is 34.0 Å². The number of H-pyrrole nitrogens is 1. The minimum absolute atomic E-state index is 0.0247. The number of nitrogens with zero attached hydrogens (tertiary/aromatic N) is 3. The Kier molecular flexibility index (Phi) is 7.02. The van der Waals surface area contributed by atoms with E-state index in [1.807, 2.05) is 0 Å². The summed E-state index contributed by atoms with van der Waals surface area (Å²) in [4.78, 5) is 62.8. The molecule has 0 amide bonds. The summed E-state index contributed by atoms with van der Waals surface area (Å²) in [5.41, 5.74) is -2.18. The lowest BCUT2D eigenvalue weighted by atomic mass is 10.00. The smallest absolute Gasteiger partial charge is 0.335 e. The number of fused-ring (bicyclic) bond motifs is 1. The van der Waals surface area contributed by atoms with Crippen LogP contribution in [0.25, 0.3) is 21.9 Å². The number of rotatable bonds is 7. The first-order valence-corrected chi connectivity index (χ1v) is 11.2. The van der Waals surface area contributed by atoms with Crippen molar-refractivity contribution in [2.24, 2.45) is 0 Å². The predicted octanol–water partition coefficient (Wildman–Crippen LogP) is 2.59. The number of Topliss-reactive ketones (excluding diaryl/α,β-unsaturated/α-hetero) is 2. The summed E-state index contributed by atoms with van der Waals surface area (Å²) in [6, 6.07) is 16.7. The number of nitriles is 2. The van der Waals surface area contributed by atoms with E-state index in [1.165, 1.54) is 42.5 Å². The molecule has 40 heavy (non-hydrogen) atoms. The quantitative estimate of drug-likeness (QED) is 0.179. The number of hydrogen-bond acceptors (Lipinski definition) is 8. The molecule has 0 saturated heterocycles. The third-order valence-corrected chi connectivity index (χ3v) is 5.92. The summed E-state index contributed by atoms with van der Waals surface area (Å²) in [5.74, 6) is -4.40. The second-order valence-corrected chi connectivity index (χ2v) is 8.27. The fourth-order valence-corrected chi connectivity index (χ4v) is 4.04. The van der Waals surface area contributed by atoms with Gasteiger partial charge in [-0.2, -0.15) is 10.5 Å². The van der Waals surface area contributed by atoms with Crippen LogP contribution in [0.3, 0.4) is 0 Å². The molecule has 4 rings (SSSR count). The summed E-state index contributed by atoms with van der Waals surface area (Å²) in [7, 11) is 0. The molecule has 0 bridgehead atoms. The van der Waals surface area contributed by atoms with Crippen LogP contribution in [0.4, 0.5) is 5.69 Å². The van der Waals surface area contributed by atoms with Gasteiger partial charge in [-0.3, -0.25) is 19.7 Å². The summed E-state index contributed by atoms with van der Waals surface area (Å²) in [6.07, 6.45) is 0. The van der Waals surface area contributed by atoms with Gasteiger partial charge >= 0.3 is 11.9 Å². The van der Waals surface area contributed by atoms with Crippen molar-refractivity contribution >= 4 is 51.1 Å². The molecule has 0 aliphatic rings. The molecule has 3 aromatic carbocycles. The van der Waals surface area contributed by atoms with Crippen LogP contribution in [0.2, 0.25) is 0 Å². The van der Waals surface area contributed by atoms with Crippen molar-refractivity contribution in [1.82, 2.24) is 4.98 Å². The Morgan fingerprint density at radius 1 is 0.700 bits per heavy atom. The second-order valence-electron chi connectivity index (χ2n) is 8.27. The van der Waals surface area contributed by atoms with Crippen LogP contribution in [0.1, 0.15) is 41.4 Å². The highest BCUT2D eigenvalue weighted by atomic mass is 16.6. The van der Waals surface area contributed by atoms with Gasteiger partial charge in [-0.05, 0) is 30.3 Å². The van der Waals surface area contributed by atoms with Crippen molar-refractivity contribution in [3.8, 4) is 12.1 Å². The Morgan fingerprint density at radius 3 is 1.57 bits per heavy atom. The van der Waals surface area contributed by atoms with Crippen LogP contribution in [0.15, 0.2) is 66.7 Å². The Labute approximate surface area is 223 Å². The van der Waals surface area contributed by atoms with Crippen molar-refractivity contribution in [1.29, 1.82) is 10.5 Å². The minimum Gasteiger partial charge on any atom is -0.478 e. The number of carboxylic acids is 2. The SMILES string of the molecule is N#C/C(C(=O)c1cccc(C(=O)O)c1)=c1/[nH]/c(=C(/C#N)C(=O)c2cccc(C(=O)O)c2)c2cc([N+](=O)[O-])ccc12. The van der Waals surface area contributed by atoms with E-state index in [4.69, 9.17) is 0 Å². The van der Waals surface area contributed by atoms with E-state index in [0.717, 1.165) is 24.3 Å². The molecule has 0 aliphatic heterocycles. The van der Waals surface area contributed by atoms with E-state index in [1.54, 1.807) is 12.1 Å². The summed E-state index contributed by atoms with van der Waals surface area (Å²) in [6.45, 7) is 0. The molecule has 0 radical (unpaired) electrons. The number of carbonyl (C=O) groups is 4. The topological polar surface area (TPSA) is 215 Å². The van der Waals surface area contributed by atoms with E-state index in [9.17, 15) is 50.0 Å². The van der Waals surface area contributed by atoms with Gasteiger partial charge in [0.15, 0.2) is 0 Å². The Balaban J connectivity index is 2.09. The summed E-state index contributed by atoms with van der Waals surface area (Å²) >= 11 is 0. The molecule has 12 nitrogen and oxygen atoms in total. The molecule has 3 N–H and O–H groups in total. The number of nitro groups is 1. The monoisotopic (exact) mass is 534 g/mol. The maximum atomic E-state index is 13.3. The fourth-order valence-electron chi connectivity index (χ4n) is 4.04. The number of aromatic amines is 1. The Morgan fingerprint density at radius 2 is 1.15 bits per heavy atom. The molecular formula is C28H14N4O8. The van der Waals surface area contributed by atoms with Crippen molar-refractivity contribution in [3.05, 3.63) is 110 Å². The van der Waals surface area contributed by atoms with Crippen LogP contribution in [0, 0.1) is 32.8 Å². The van der Waals surface area contributed by atoms with Crippen molar-refractivity contribution < 1.29 is 34.3 Å². The zero-order chi connectivity index (χ0) is 29.1. The second kappa shape index (κ2) is 10.5. The van der Waals surface area contributed by atoms with E-state index in [-0.39, 0.29) is 43.7 Å². The normalized spacial score (nSPS) is 12.1. The van der Waals surface area contributed by atoms with Crippen molar-refractivity contribution in [2.45, 2.75) is 0 Å². The molecular weight excluding hydrogens is 520 g/mol. The average Bonchev–Trinajstić information content (AvgIpc) is 3.32. The lowest BCUT2D eigenvalue weighted by Crippen LogP contribution is -2.21. The summed E-state index contributed by atoms with van der Waals surface area (Å²) in [5, 5.41) is 49.5. The molecule has 4 aromatic rings. The zero-order valence-corrected chi connectivity index (χ0v) is 20.0. The highest BCUT2D eigenvalue weighted by Gasteiger charge is 2.22. The largest absolute Gasteiger partial charge is 0.478 e. The molecule has 0 saturated carbocycles. The molecule has 12 heteroatoms. The predicted molar refractivity (Wildman–Crippen MR) is 138 cm³/mol. The molecule has 1 aromatic heterocycles. The van der Waals surface area contributed by atoms with Crippen LogP contribution in [-0.2, 0) is 0 Å². The number of aromatic nitrogens is 1. The van der Waals surface area contributed by atoms with Gasteiger partial charge in [-0.15, -0.1) is 0 Å². The van der Waals surface area contributed by atoms with Gasteiger partial charge in [0.25, 0.3) is 5.69 Å². The van der Waals surface area contributed by atoms with Gasteiger partial charge in [-0.1, -0.05) is 24.3 Å². The van der Waals surface area contributed by atoms with Crippen molar-refractivity contribution in [2.75, 3.05) is 0 Å². The average molecular weight is 534 g/mol. The van der Waals surface area contributed by atoms with Crippen LogP contribution < -0.4 is 10.7 Å². The third kappa shape index (κ3) is 4.79. The number of nitro benzene ring substituents is 1. The highest BCUT2D eigenvalue weighted by molar-refractivity contribution is 6.30. The van der Waals surface area contributed by atoms with Crippen LogP contribution in [-0.4, -0.2) is 43.6 Å². The van der Waals surface area contributed by atoms with E-state index < -0.39 is 45.3 Å². The number of benzene rings is 3. The molecule has 0 atom stereocenters. The standard InChI is InChI=1S/C28H14N4O8/c29-12-21(25(33)14-3-1-5-16(9-14)27(35)36)23-19-8-7-18(32(39)40)11-20(19)24(31-23)22(13-30)26(34)15-4-2-6-17(10-15)28(37)38/h1-11,31H,(H,35,36)(H,37,38)/b23-21-,24-22-. The molecule has 1 heterocycles. The lowest BCUT2D eigenvalue weighted by Gasteiger charge is -2.01.